The summed E-state index contributed by atoms with van der Waals surface area (Å²) in [5.74, 6) is 2.70. The summed E-state index contributed by atoms with van der Waals surface area (Å²) in [7, 11) is 0. The van der Waals surface area contributed by atoms with Crippen LogP contribution in [0, 0.1) is 5.92 Å². The van der Waals surface area contributed by atoms with Gasteiger partial charge in [-0.15, -0.1) is 24.0 Å². The lowest BCUT2D eigenvalue weighted by atomic mass is 10.1. The van der Waals surface area contributed by atoms with E-state index in [4.69, 9.17) is 0 Å². The van der Waals surface area contributed by atoms with Crippen molar-refractivity contribution >= 4 is 41.7 Å². The molecule has 1 aromatic heterocycles. The van der Waals surface area contributed by atoms with E-state index in [1.54, 1.807) is 0 Å². The van der Waals surface area contributed by atoms with Crippen molar-refractivity contribution in [2.24, 2.45) is 10.9 Å². The first-order chi connectivity index (χ1) is 13.6. The Bertz CT molecular complexity index is 602. The van der Waals surface area contributed by atoms with Gasteiger partial charge in [-0.2, -0.15) is 0 Å². The lowest BCUT2D eigenvalue weighted by Crippen LogP contribution is -2.49. The Hall–Kier alpha value is -1.58. The average molecular weight is 516 g/mol. The number of rotatable bonds is 9. The number of halogens is 1. The lowest BCUT2D eigenvalue weighted by Gasteiger charge is -2.35. The van der Waals surface area contributed by atoms with Crippen LogP contribution in [0.2, 0.25) is 0 Å². The van der Waals surface area contributed by atoms with Crippen LogP contribution in [-0.2, 0) is 4.79 Å². The highest BCUT2D eigenvalue weighted by atomic mass is 127. The van der Waals surface area contributed by atoms with E-state index in [2.05, 4.69) is 46.3 Å². The molecule has 1 amide bonds. The lowest BCUT2D eigenvalue weighted by molar-refractivity contribution is -0.131. The van der Waals surface area contributed by atoms with Crippen LogP contribution in [0.1, 0.15) is 40.0 Å². The molecule has 2 N–H and O–H groups in total. The third-order valence-corrected chi connectivity index (χ3v) is 4.79. The van der Waals surface area contributed by atoms with E-state index in [1.165, 1.54) is 6.42 Å². The average Bonchev–Trinajstić information content (AvgIpc) is 2.71. The first-order valence-electron chi connectivity index (χ1n) is 10.6. The molecule has 0 unspecified atom stereocenters. The maximum absolute atomic E-state index is 12.5. The fraction of sp³-hybridized carbons (Fsp3) is 0.667. The van der Waals surface area contributed by atoms with Crippen LogP contribution in [0.4, 0.5) is 5.82 Å². The van der Waals surface area contributed by atoms with Crippen molar-refractivity contribution in [3.8, 4) is 0 Å². The molecule has 0 radical (unpaired) electrons. The van der Waals surface area contributed by atoms with Crippen LogP contribution in [-0.4, -0.2) is 67.6 Å². The first kappa shape index (κ1) is 25.5. The van der Waals surface area contributed by atoms with Gasteiger partial charge in [-0.05, 0) is 37.8 Å². The van der Waals surface area contributed by atoms with Crippen LogP contribution in [0.3, 0.4) is 0 Å². The third-order valence-electron chi connectivity index (χ3n) is 4.79. The fourth-order valence-corrected chi connectivity index (χ4v) is 3.20. The topological polar surface area (TPSA) is 72.9 Å². The number of hydrogen-bond acceptors (Lipinski definition) is 4. The minimum absolute atomic E-state index is 0. The molecule has 0 aliphatic carbocycles. The smallest absolute Gasteiger partial charge is 0.224 e. The Morgan fingerprint density at radius 2 is 1.97 bits per heavy atom. The van der Waals surface area contributed by atoms with Gasteiger partial charge >= 0.3 is 0 Å². The molecule has 7 nitrogen and oxygen atoms in total. The molecule has 1 fully saturated rings. The number of hydrogen-bond donors (Lipinski definition) is 2. The summed E-state index contributed by atoms with van der Waals surface area (Å²) in [4.78, 5) is 25.7. The molecule has 0 atom stereocenters. The predicted octanol–water partition coefficient (Wildman–Crippen LogP) is 2.73. The minimum atomic E-state index is 0. The van der Waals surface area contributed by atoms with Gasteiger partial charge in [-0.1, -0.05) is 19.9 Å². The summed E-state index contributed by atoms with van der Waals surface area (Å²) in [6.07, 6.45) is 4.57. The van der Waals surface area contributed by atoms with Crippen molar-refractivity contribution in [1.29, 1.82) is 0 Å². The molecular formula is C21H37IN6O. The molecule has 0 spiro atoms. The monoisotopic (exact) mass is 516 g/mol. The zero-order chi connectivity index (χ0) is 20.2. The number of nitrogens with zero attached hydrogens (tertiary/aromatic N) is 4. The second kappa shape index (κ2) is 14.4. The van der Waals surface area contributed by atoms with Gasteiger partial charge in [-0.3, -0.25) is 9.79 Å². The van der Waals surface area contributed by atoms with Gasteiger partial charge in [0.25, 0.3) is 0 Å². The maximum atomic E-state index is 12.5. The Morgan fingerprint density at radius 3 is 2.59 bits per heavy atom. The second-order valence-corrected chi connectivity index (χ2v) is 7.53. The summed E-state index contributed by atoms with van der Waals surface area (Å²) in [6, 6.07) is 5.94. The number of carbonyl (C=O) groups is 1. The van der Waals surface area contributed by atoms with Gasteiger partial charge in [0, 0.05) is 58.4 Å². The first-order valence-corrected chi connectivity index (χ1v) is 10.6. The standard InChI is InChI=1S/C21H36N6O.HI/c1-4-22-21(24-12-7-8-18(2)3)25-13-10-20(28)27-16-14-26(15-17-27)19-9-5-6-11-23-19;/h5-6,9,11,18H,4,7-8,10,12-17H2,1-3H3,(H2,22,24,25);1H. The summed E-state index contributed by atoms with van der Waals surface area (Å²) in [6.45, 7) is 11.9. The Kier molecular flexibility index (Phi) is 12.6. The molecule has 29 heavy (non-hydrogen) atoms. The Balaban J connectivity index is 0.00000420. The summed E-state index contributed by atoms with van der Waals surface area (Å²) in [5, 5.41) is 6.53. The van der Waals surface area contributed by atoms with Crippen LogP contribution in [0.25, 0.3) is 0 Å². The molecular weight excluding hydrogens is 479 g/mol. The molecule has 2 rings (SSSR count). The van der Waals surface area contributed by atoms with Gasteiger partial charge < -0.3 is 20.4 Å². The largest absolute Gasteiger partial charge is 0.357 e. The van der Waals surface area contributed by atoms with Gasteiger partial charge in [0.1, 0.15) is 5.82 Å². The summed E-state index contributed by atoms with van der Waals surface area (Å²) < 4.78 is 0. The van der Waals surface area contributed by atoms with E-state index in [9.17, 15) is 4.79 Å². The van der Waals surface area contributed by atoms with Crippen molar-refractivity contribution in [1.82, 2.24) is 20.5 Å². The van der Waals surface area contributed by atoms with E-state index in [-0.39, 0.29) is 29.9 Å². The highest BCUT2D eigenvalue weighted by molar-refractivity contribution is 14.0. The molecule has 0 bridgehead atoms. The molecule has 1 aliphatic rings. The molecule has 1 aliphatic heterocycles. The number of guanidine groups is 1. The van der Waals surface area contributed by atoms with Crippen molar-refractivity contribution in [3.63, 3.8) is 0 Å². The van der Waals surface area contributed by atoms with Gasteiger partial charge in [0.2, 0.25) is 5.91 Å². The van der Waals surface area contributed by atoms with Crippen LogP contribution in [0.15, 0.2) is 29.4 Å². The number of carbonyl (C=O) groups excluding carboxylic acids is 1. The Morgan fingerprint density at radius 1 is 1.21 bits per heavy atom. The second-order valence-electron chi connectivity index (χ2n) is 7.53. The van der Waals surface area contributed by atoms with E-state index >= 15 is 0 Å². The highest BCUT2D eigenvalue weighted by Crippen LogP contribution is 2.12. The van der Waals surface area contributed by atoms with Crippen LogP contribution in [0.5, 0.6) is 0 Å². The van der Waals surface area contributed by atoms with E-state index in [0.29, 0.717) is 18.9 Å². The molecule has 2 heterocycles. The number of nitrogens with one attached hydrogen (secondary N) is 2. The normalized spacial score (nSPS) is 14.6. The number of aliphatic imine (C=N–C) groups is 1. The Labute approximate surface area is 192 Å². The van der Waals surface area contributed by atoms with E-state index < -0.39 is 0 Å². The third kappa shape index (κ3) is 9.64. The van der Waals surface area contributed by atoms with Crippen molar-refractivity contribution in [2.75, 3.05) is 50.7 Å². The molecule has 164 valence electrons. The minimum Gasteiger partial charge on any atom is -0.357 e. The molecule has 8 heteroatoms. The van der Waals surface area contributed by atoms with Crippen molar-refractivity contribution < 1.29 is 4.79 Å². The fourth-order valence-electron chi connectivity index (χ4n) is 3.20. The van der Waals surface area contributed by atoms with Crippen LogP contribution < -0.4 is 15.5 Å². The zero-order valence-corrected chi connectivity index (χ0v) is 20.4. The maximum Gasteiger partial charge on any atom is 0.224 e. The van der Waals surface area contributed by atoms with Gasteiger partial charge in [0.15, 0.2) is 5.96 Å². The summed E-state index contributed by atoms with van der Waals surface area (Å²) >= 11 is 0. The van der Waals surface area contributed by atoms with Crippen molar-refractivity contribution in [3.05, 3.63) is 24.4 Å². The SMILES string of the molecule is CCNC(=NCCCC(C)C)NCCC(=O)N1CCN(c2ccccn2)CC1.I. The van der Waals surface area contributed by atoms with Gasteiger partial charge in [0.05, 0.1) is 0 Å². The number of piperazine rings is 1. The molecule has 1 aromatic rings. The number of amides is 1. The van der Waals surface area contributed by atoms with Crippen molar-refractivity contribution in [2.45, 2.75) is 40.0 Å². The zero-order valence-electron chi connectivity index (χ0n) is 18.1. The van der Waals surface area contributed by atoms with Crippen LogP contribution >= 0.6 is 24.0 Å². The highest BCUT2D eigenvalue weighted by Gasteiger charge is 2.21. The number of pyridine rings is 1. The summed E-state index contributed by atoms with van der Waals surface area (Å²) in [5.41, 5.74) is 0. The van der Waals surface area contributed by atoms with Gasteiger partial charge in [-0.25, -0.2) is 4.98 Å². The molecule has 0 aromatic carbocycles. The number of aromatic nitrogens is 1. The number of anilines is 1. The molecule has 1 saturated heterocycles. The molecule has 0 saturated carbocycles. The predicted molar refractivity (Wildman–Crippen MR) is 131 cm³/mol. The quantitative estimate of drug-likeness (QED) is 0.229. The van der Waals surface area contributed by atoms with E-state index in [0.717, 1.165) is 57.5 Å². The van der Waals surface area contributed by atoms with E-state index in [1.807, 2.05) is 29.3 Å².